The molecule has 0 spiro atoms. The van der Waals surface area contributed by atoms with Crippen molar-refractivity contribution in [1.29, 1.82) is 0 Å². The minimum absolute atomic E-state index is 0.0127. The molecule has 0 aliphatic heterocycles. The molecule has 184 valence electrons. The van der Waals surface area contributed by atoms with Crippen molar-refractivity contribution < 1.29 is 19.1 Å². The van der Waals surface area contributed by atoms with Crippen molar-refractivity contribution >= 4 is 29.3 Å². The Labute approximate surface area is 199 Å². The zero-order valence-corrected chi connectivity index (χ0v) is 20.1. The van der Waals surface area contributed by atoms with Crippen LogP contribution >= 0.6 is 0 Å². The van der Waals surface area contributed by atoms with Crippen molar-refractivity contribution in [3.05, 3.63) is 30.0 Å². The van der Waals surface area contributed by atoms with Gasteiger partial charge in [-0.05, 0) is 46.6 Å². The van der Waals surface area contributed by atoms with Crippen molar-refractivity contribution in [2.45, 2.75) is 71.1 Å². The summed E-state index contributed by atoms with van der Waals surface area (Å²) in [6.07, 6.45) is 3.20. The monoisotopic (exact) mass is 471 g/mol. The predicted molar refractivity (Wildman–Crippen MR) is 128 cm³/mol. The number of ether oxygens (including phenoxy) is 2. The molecule has 2 unspecified atom stereocenters. The number of nitrogens with two attached hydrogens (primary N) is 1. The average molecular weight is 472 g/mol. The fraction of sp³-hybridized carbons (Fsp3) is 0.522. The highest BCUT2D eigenvalue weighted by Crippen LogP contribution is 2.26. The molecule has 1 saturated carbocycles. The van der Waals surface area contributed by atoms with Crippen LogP contribution in [0.1, 0.15) is 63.9 Å². The fourth-order valence-corrected chi connectivity index (χ4v) is 3.72. The van der Waals surface area contributed by atoms with Crippen molar-refractivity contribution in [2.75, 3.05) is 17.2 Å². The lowest BCUT2D eigenvalue weighted by molar-refractivity contribution is 0.0488. The van der Waals surface area contributed by atoms with E-state index >= 15 is 0 Å². The smallest absolute Gasteiger partial charge is 0.407 e. The van der Waals surface area contributed by atoms with E-state index in [1.165, 1.54) is 0 Å². The van der Waals surface area contributed by atoms with E-state index in [0.717, 1.165) is 25.7 Å². The molecule has 0 aromatic carbocycles. The number of rotatable bonds is 8. The van der Waals surface area contributed by atoms with Gasteiger partial charge in [-0.1, -0.05) is 18.9 Å². The van der Waals surface area contributed by atoms with Gasteiger partial charge in [0.2, 0.25) is 5.88 Å². The minimum atomic E-state index is -0.718. The van der Waals surface area contributed by atoms with Gasteiger partial charge < -0.3 is 31.2 Å². The molecule has 2 heterocycles. The maximum Gasteiger partial charge on any atom is 0.407 e. The second-order valence-corrected chi connectivity index (χ2v) is 9.06. The number of primary amides is 1. The quantitative estimate of drug-likeness (QED) is 0.454. The average Bonchev–Trinajstić information content (AvgIpc) is 2.74. The first-order valence-electron chi connectivity index (χ1n) is 11.4. The van der Waals surface area contributed by atoms with Crippen LogP contribution in [0.4, 0.5) is 22.1 Å². The van der Waals surface area contributed by atoms with E-state index in [9.17, 15) is 9.59 Å². The molecule has 11 nitrogen and oxygen atoms in total. The number of nitrogens with one attached hydrogen (secondary N) is 3. The Morgan fingerprint density at radius 1 is 1.12 bits per heavy atom. The summed E-state index contributed by atoms with van der Waals surface area (Å²) in [5, 5.41) is 17.5. The van der Waals surface area contributed by atoms with Crippen molar-refractivity contribution in [2.24, 2.45) is 5.73 Å². The maximum atomic E-state index is 12.3. The zero-order valence-electron chi connectivity index (χ0n) is 20.1. The number of anilines is 3. The van der Waals surface area contributed by atoms with E-state index in [-0.39, 0.29) is 17.8 Å². The largest absolute Gasteiger partial charge is 0.478 e. The van der Waals surface area contributed by atoms with Gasteiger partial charge in [0.05, 0.1) is 18.3 Å². The van der Waals surface area contributed by atoms with Crippen LogP contribution in [0.25, 0.3) is 0 Å². The number of carbonyl (C=O) groups excluding carboxylic acids is 2. The van der Waals surface area contributed by atoms with E-state index in [2.05, 4.69) is 31.1 Å². The summed E-state index contributed by atoms with van der Waals surface area (Å²) in [7, 11) is 0. The molecular formula is C23H33N7O4. The number of pyridine rings is 1. The lowest BCUT2D eigenvalue weighted by Gasteiger charge is -2.33. The van der Waals surface area contributed by atoms with Crippen LogP contribution in [0.2, 0.25) is 0 Å². The summed E-state index contributed by atoms with van der Waals surface area (Å²) < 4.78 is 10.8. The Bertz CT molecular complexity index is 1010. The number of amides is 2. The zero-order chi connectivity index (χ0) is 24.7. The summed E-state index contributed by atoms with van der Waals surface area (Å²) in [5.41, 5.74) is 5.27. The molecule has 1 aliphatic carbocycles. The van der Waals surface area contributed by atoms with Gasteiger partial charge in [-0.3, -0.25) is 4.79 Å². The molecule has 3 rings (SSSR count). The summed E-state index contributed by atoms with van der Waals surface area (Å²) >= 11 is 0. The van der Waals surface area contributed by atoms with Gasteiger partial charge in [-0.15, -0.1) is 10.2 Å². The number of carbonyl (C=O) groups is 2. The van der Waals surface area contributed by atoms with Crippen molar-refractivity contribution in [1.82, 2.24) is 20.5 Å². The first kappa shape index (κ1) is 25.0. The van der Waals surface area contributed by atoms with Gasteiger partial charge in [-0.2, -0.15) is 4.98 Å². The molecular weight excluding hydrogens is 438 g/mol. The number of nitrogens with zero attached hydrogens (tertiary/aromatic N) is 3. The molecule has 1 fully saturated rings. The van der Waals surface area contributed by atoms with Gasteiger partial charge in [0.1, 0.15) is 11.4 Å². The van der Waals surface area contributed by atoms with Gasteiger partial charge in [-0.25, -0.2) is 4.79 Å². The fourth-order valence-electron chi connectivity index (χ4n) is 3.72. The van der Waals surface area contributed by atoms with E-state index in [0.29, 0.717) is 29.8 Å². The van der Waals surface area contributed by atoms with Crippen LogP contribution in [0, 0.1) is 0 Å². The van der Waals surface area contributed by atoms with Crippen LogP contribution in [0.5, 0.6) is 5.88 Å². The van der Waals surface area contributed by atoms with Crippen LogP contribution < -0.4 is 26.4 Å². The second kappa shape index (κ2) is 11.0. The van der Waals surface area contributed by atoms with E-state index < -0.39 is 17.6 Å². The predicted octanol–water partition coefficient (Wildman–Crippen LogP) is 3.36. The first-order valence-corrected chi connectivity index (χ1v) is 11.4. The highest BCUT2D eigenvalue weighted by molar-refractivity contribution is 5.97. The van der Waals surface area contributed by atoms with Crippen molar-refractivity contribution in [3.8, 4) is 5.88 Å². The third-order valence-electron chi connectivity index (χ3n) is 5.11. The molecule has 0 radical (unpaired) electrons. The summed E-state index contributed by atoms with van der Waals surface area (Å²) in [5.74, 6) is 0.641. The summed E-state index contributed by atoms with van der Waals surface area (Å²) in [6, 6.07) is 6.70. The molecule has 5 N–H and O–H groups in total. The van der Waals surface area contributed by atoms with Gasteiger partial charge in [0.15, 0.2) is 11.5 Å². The summed E-state index contributed by atoms with van der Waals surface area (Å²) in [4.78, 5) is 28.6. The Hall–Kier alpha value is -3.63. The molecule has 2 atom stereocenters. The van der Waals surface area contributed by atoms with Gasteiger partial charge >= 0.3 is 6.09 Å². The summed E-state index contributed by atoms with van der Waals surface area (Å²) in [6.45, 7) is 7.83. The molecule has 2 aromatic rings. The topological polar surface area (TPSA) is 153 Å². The second-order valence-electron chi connectivity index (χ2n) is 9.06. The molecule has 34 heavy (non-hydrogen) atoms. The number of hydrogen-bond acceptors (Lipinski definition) is 9. The SMILES string of the molecule is CCOc1cccc(Nc2cc(NC3CCCCC3NC(=O)OC(C)(C)C)nnc2C(N)=O)n1. The maximum absolute atomic E-state index is 12.3. The normalized spacial score (nSPS) is 18.0. The Kier molecular flexibility index (Phi) is 8.08. The Morgan fingerprint density at radius 2 is 1.85 bits per heavy atom. The Morgan fingerprint density at radius 3 is 2.53 bits per heavy atom. The van der Waals surface area contributed by atoms with Gasteiger partial charge in [0, 0.05) is 18.2 Å². The third-order valence-corrected chi connectivity index (χ3v) is 5.11. The lowest BCUT2D eigenvalue weighted by atomic mass is 9.90. The number of alkyl carbamates (subject to hydrolysis) is 1. The molecule has 0 bridgehead atoms. The van der Waals surface area contributed by atoms with Crippen LogP contribution in [-0.4, -0.2) is 51.5 Å². The van der Waals surface area contributed by atoms with E-state index in [4.69, 9.17) is 15.2 Å². The minimum Gasteiger partial charge on any atom is -0.478 e. The Balaban J connectivity index is 1.78. The van der Waals surface area contributed by atoms with Crippen molar-refractivity contribution in [3.63, 3.8) is 0 Å². The van der Waals surface area contributed by atoms with Gasteiger partial charge in [0.25, 0.3) is 5.91 Å². The van der Waals surface area contributed by atoms with Crippen LogP contribution in [0.3, 0.4) is 0 Å². The van der Waals surface area contributed by atoms with Crippen LogP contribution in [-0.2, 0) is 4.74 Å². The molecule has 11 heteroatoms. The standard InChI is InChI=1S/C23H33N7O4/c1-5-33-19-12-8-11-17(28-19)26-16-13-18(29-30-20(16)21(24)31)25-14-9-6-7-10-15(14)27-22(32)34-23(2,3)4/h8,11-15H,5-7,9-10H2,1-4H3,(H2,24,31)(H,27,32)(H2,25,26,28,29). The molecule has 1 aliphatic rings. The number of aromatic nitrogens is 3. The highest BCUT2D eigenvalue weighted by atomic mass is 16.6. The van der Waals surface area contributed by atoms with Crippen LogP contribution in [0.15, 0.2) is 24.3 Å². The molecule has 2 aromatic heterocycles. The highest BCUT2D eigenvalue weighted by Gasteiger charge is 2.29. The third kappa shape index (κ3) is 7.19. The number of hydrogen-bond donors (Lipinski definition) is 4. The van der Waals surface area contributed by atoms with E-state index in [1.54, 1.807) is 24.3 Å². The molecule has 0 saturated heterocycles. The molecule has 2 amide bonds. The lowest BCUT2D eigenvalue weighted by Crippen LogP contribution is -2.49. The van der Waals surface area contributed by atoms with E-state index in [1.807, 2.05) is 27.7 Å². The first-order chi connectivity index (χ1) is 16.1.